The van der Waals surface area contributed by atoms with Crippen molar-refractivity contribution >= 4 is 46.4 Å². The van der Waals surface area contributed by atoms with Gasteiger partial charge in [-0.1, -0.05) is 6.07 Å². The van der Waals surface area contributed by atoms with Crippen molar-refractivity contribution in [2.75, 3.05) is 16.0 Å². The van der Waals surface area contributed by atoms with Crippen LogP contribution < -0.4 is 16.0 Å². The molecule has 160 valence electrons. The van der Waals surface area contributed by atoms with Crippen molar-refractivity contribution in [1.29, 1.82) is 0 Å². The molecule has 8 heteroatoms. The quantitative estimate of drug-likeness (QED) is 0.363. The van der Waals surface area contributed by atoms with Crippen LogP contribution in [0.2, 0.25) is 0 Å². The number of aromatic nitrogens is 1. The predicted octanol–water partition coefficient (Wildman–Crippen LogP) is 4.00. The Morgan fingerprint density at radius 3 is 2.31 bits per heavy atom. The number of hydrogen-bond acceptors (Lipinski definition) is 3. The number of anilines is 3. The largest absolute Gasteiger partial charge is 0.362 e. The van der Waals surface area contributed by atoms with E-state index in [2.05, 4.69) is 20.9 Å². The van der Waals surface area contributed by atoms with Crippen molar-refractivity contribution in [2.45, 2.75) is 12.8 Å². The molecular weight excluding hydrogens is 411 g/mol. The van der Waals surface area contributed by atoms with Gasteiger partial charge < -0.3 is 20.9 Å². The van der Waals surface area contributed by atoms with Crippen molar-refractivity contribution in [3.8, 4) is 0 Å². The molecule has 1 aliphatic heterocycles. The fraction of sp³-hybridized carbons (Fsp3) is 0.125. The second kappa shape index (κ2) is 7.49. The van der Waals surface area contributed by atoms with E-state index < -0.39 is 23.0 Å². The van der Waals surface area contributed by atoms with Crippen LogP contribution >= 0.6 is 0 Å². The van der Waals surface area contributed by atoms with Gasteiger partial charge in [-0.2, -0.15) is 0 Å². The van der Waals surface area contributed by atoms with E-state index in [9.17, 15) is 18.8 Å². The van der Waals surface area contributed by atoms with Gasteiger partial charge in [-0.15, -0.1) is 0 Å². The first kappa shape index (κ1) is 19.7. The van der Waals surface area contributed by atoms with Crippen LogP contribution in [0.25, 0.3) is 11.6 Å². The molecule has 0 bridgehead atoms. The summed E-state index contributed by atoms with van der Waals surface area (Å²) in [5.74, 6) is -1.47. The molecule has 3 amide bonds. The lowest BCUT2D eigenvalue weighted by Crippen LogP contribution is -2.35. The molecule has 2 heterocycles. The van der Waals surface area contributed by atoms with Gasteiger partial charge >= 0.3 is 0 Å². The number of H-pyrrole nitrogens is 1. The molecule has 0 saturated heterocycles. The number of halogens is 1. The van der Waals surface area contributed by atoms with Crippen LogP contribution in [-0.2, 0) is 14.4 Å². The molecule has 7 nitrogen and oxygen atoms in total. The summed E-state index contributed by atoms with van der Waals surface area (Å²) in [4.78, 5) is 41.0. The number of amides is 3. The third kappa shape index (κ3) is 3.56. The van der Waals surface area contributed by atoms with Crippen LogP contribution in [0.3, 0.4) is 0 Å². The lowest BCUT2D eigenvalue weighted by molar-refractivity contribution is -0.131. The van der Waals surface area contributed by atoms with Crippen molar-refractivity contribution in [3.63, 3.8) is 0 Å². The highest BCUT2D eigenvalue weighted by Crippen LogP contribution is 2.47. The van der Waals surface area contributed by atoms with E-state index >= 15 is 0 Å². The molecule has 0 spiro atoms. The molecule has 3 aromatic rings. The van der Waals surface area contributed by atoms with Crippen molar-refractivity contribution in [2.24, 2.45) is 5.41 Å². The summed E-state index contributed by atoms with van der Waals surface area (Å²) >= 11 is 0. The molecule has 5 rings (SSSR count). The van der Waals surface area contributed by atoms with Crippen LogP contribution in [0.1, 0.15) is 24.1 Å². The van der Waals surface area contributed by atoms with E-state index in [-0.39, 0.29) is 5.91 Å². The fourth-order valence-electron chi connectivity index (χ4n) is 3.72. The van der Waals surface area contributed by atoms with Gasteiger partial charge in [0.2, 0.25) is 11.8 Å². The Morgan fingerprint density at radius 2 is 1.66 bits per heavy atom. The second-order valence-electron chi connectivity index (χ2n) is 7.90. The lowest BCUT2D eigenvalue weighted by Gasteiger charge is -2.16. The third-order valence-corrected chi connectivity index (χ3v) is 5.70. The minimum absolute atomic E-state index is 0.226. The summed E-state index contributed by atoms with van der Waals surface area (Å²) in [6.07, 6.45) is 4.39. The standard InChI is InChI=1S/C24H19FN4O3/c25-14-3-5-15(6-4-14)27-22(31)24(9-10-24)23(32)28-17-7-8-18-19(12-16-2-1-11-26-16)21(30)29-20(18)13-17/h1-8,11-13,26H,9-10H2,(H,27,31)(H,28,32)(H,29,30)/b19-12-. The van der Waals surface area contributed by atoms with E-state index in [4.69, 9.17) is 0 Å². The average Bonchev–Trinajstić information content (AvgIpc) is 3.33. The van der Waals surface area contributed by atoms with Crippen LogP contribution in [0.5, 0.6) is 0 Å². The summed E-state index contributed by atoms with van der Waals surface area (Å²) in [6, 6.07) is 14.2. The Balaban J connectivity index is 1.31. The van der Waals surface area contributed by atoms with Crippen LogP contribution in [0.15, 0.2) is 60.8 Å². The normalized spacial score (nSPS) is 16.9. The number of carbonyl (C=O) groups is 3. The predicted molar refractivity (Wildman–Crippen MR) is 119 cm³/mol. The Bertz CT molecular complexity index is 1260. The van der Waals surface area contributed by atoms with Crippen LogP contribution in [0, 0.1) is 11.2 Å². The zero-order valence-electron chi connectivity index (χ0n) is 16.9. The summed E-state index contributed by atoms with van der Waals surface area (Å²) in [5.41, 5.74) is 2.41. The monoisotopic (exact) mass is 430 g/mol. The molecule has 32 heavy (non-hydrogen) atoms. The zero-order valence-corrected chi connectivity index (χ0v) is 16.9. The highest BCUT2D eigenvalue weighted by molar-refractivity contribution is 6.35. The molecular formula is C24H19FN4O3. The van der Waals surface area contributed by atoms with E-state index in [0.29, 0.717) is 35.5 Å². The van der Waals surface area contributed by atoms with Gasteiger partial charge in [0.05, 0.1) is 11.3 Å². The minimum Gasteiger partial charge on any atom is -0.362 e. The highest BCUT2D eigenvalue weighted by atomic mass is 19.1. The second-order valence-corrected chi connectivity index (χ2v) is 7.90. The molecule has 1 fully saturated rings. The van der Waals surface area contributed by atoms with Gasteiger partial charge in [-0.3, -0.25) is 14.4 Å². The SMILES string of the molecule is O=C1Nc2cc(NC(=O)C3(C(=O)Nc4ccc(F)cc4)CC3)ccc2/C1=C/c1ccc[nH]1. The fourth-order valence-corrected chi connectivity index (χ4v) is 3.72. The summed E-state index contributed by atoms with van der Waals surface area (Å²) in [5, 5.41) is 8.27. The maximum atomic E-state index is 13.1. The number of rotatable bonds is 5. The molecule has 0 atom stereocenters. The van der Waals surface area contributed by atoms with Crippen molar-refractivity contribution in [1.82, 2.24) is 4.98 Å². The number of benzene rings is 2. The van der Waals surface area contributed by atoms with Crippen molar-refractivity contribution in [3.05, 3.63) is 77.9 Å². The van der Waals surface area contributed by atoms with E-state index in [0.717, 1.165) is 11.3 Å². The number of carbonyl (C=O) groups excluding carboxylic acids is 3. The number of nitrogens with one attached hydrogen (secondary N) is 4. The van der Waals surface area contributed by atoms with Crippen molar-refractivity contribution < 1.29 is 18.8 Å². The smallest absolute Gasteiger partial charge is 0.256 e. The highest BCUT2D eigenvalue weighted by Gasteiger charge is 2.56. The van der Waals surface area contributed by atoms with Crippen LogP contribution in [0.4, 0.5) is 21.5 Å². The zero-order chi connectivity index (χ0) is 22.3. The van der Waals surface area contributed by atoms with Gasteiger partial charge in [0.1, 0.15) is 11.2 Å². The van der Waals surface area contributed by atoms with E-state index in [1.54, 1.807) is 30.5 Å². The molecule has 2 aromatic carbocycles. The van der Waals surface area contributed by atoms with E-state index in [1.165, 1.54) is 24.3 Å². The maximum Gasteiger partial charge on any atom is 0.256 e. The molecule has 0 radical (unpaired) electrons. The lowest BCUT2D eigenvalue weighted by atomic mass is 10.0. The summed E-state index contributed by atoms with van der Waals surface area (Å²) < 4.78 is 13.1. The van der Waals surface area contributed by atoms with Gasteiger partial charge in [0, 0.05) is 28.8 Å². The molecule has 1 saturated carbocycles. The first-order chi connectivity index (χ1) is 15.4. The average molecular weight is 430 g/mol. The molecule has 1 aliphatic carbocycles. The van der Waals surface area contributed by atoms with Gasteiger partial charge in [0.15, 0.2) is 0 Å². The Labute approximate surface area is 182 Å². The summed E-state index contributed by atoms with van der Waals surface area (Å²) in [7, 11) is 0. The molecule has 2 aliphatic rings. The van der Waals surface area contributed by atoms with Gasteiger partial charge in [-0.25, -0.2) is 4.39 Å². The Kier molecular flexibility index (Phi) is 4.62. The number of fused-ring (bicyclic) bond motifs is 1. The Morgan fingerprint density at radius 1 is 0.969 bits per heavy atom. The van der Waals surface area contributed by atoms with E-state index in [1.807, 2.05) is 12.1 Å². The molecule has 1 aromatic heterocycles. The van der Waals surface area contributed by atoms with Gasteiger partial charge in [-0.05, 0) is 67.4 Å². The first-order valence-electron chi connectivity index (χ1n) is 10.1. The maximum absolute atomic E-state index is 13.1. The third-order valence-electron chi connectivity index (χ3n) is 5.70. The molecule has 0 unspecified atom stereocenters. The minimum atomic E-state index is -1.16. The number of aromatic amines is 1. The van der Waals surface area contributed by atoms with Gasteiger partial charge in [0.25, 0.3) is 5.91 Å². The van der Waals surface area contributed by atoms with Crippen LogP contribution in [-0.4, -0.2) is 22.7 Å². The topological polar surface area (TPSA) is 103 Å². The summed E-state index contributed by atoms with van der Waals surface area (Å²) in [6.45, 7) is 0. The molecule has 4 N–H and O–H groups in total. The Hall–Kier alpha value is -4.20. The number of hydrogen-bond donors (Lipinski definition) is 4. The first-order valence-corrected chi connectivity index (χ1v) is 10.1.